The summed E-state index contributed by atoms with van der Waals surface area (Å²) in [6.45, 7) is 1.86. The second kappa shape index (κ2) is 8.82. The Morgan fingerprint density at radius 3 is 2.63 bits per heavy atom. The molecule has 0 atom stereocenters. The molecule has 30 heavy (non-hydrogen) atoms. The van der Waals surface area contributed by atoms with Crippen molar-refractivity contribution in [1.82, 2.24) is 15.4 Å². The topological polar surface area (TPSA) is 147 Å². The van der Waals surface area contributed by atoms with Crippen molar-refractivity contribution in [2.75, 3.05) is 13.7 Å². The maximum absolute atomic E-state index is 12.0. The number of carbonyl (C=O) groups is 2. The Kier molecular flexibility index (Phi) is 6.01. The van der Waals surface area contributed by atoms with Gasteiger partial charge in [-0.25, -0.2) is 9.59 Å². The molecule has 3 aromatic rings. The first-order chi connectivity index (χ1) is 14.4. The number of nitro benzene ring substituents is 1. The van der Waals surface area contributed by atoms with Crippen molar-refractivity contribution in [1.29, 1.82) is 0 Å². The van der Waals surface area contributed by atoms with E-state index in [2.05, 4.69) is 20.1 Å². The van der Waals surface area contributed by atoms with Gasteiger partial charge in [0, 0.05) is 17.7 Å². The fourth-order valence-electron chi connectivity index (χ4n) is 2.60. The number of aromatic nitrogens is 3. The predicted octanol–water partition coefficient (Wildman–Crippen LogP) is 3.14. The summed E-state index contributed by atoms with van der Waals surface area (Å²) in [5.41, 5.74) is 0.394. The van der Waals surface area contributed by atoms with Crippen molar-refractivity contribution in [3.05, 3.63) is 63.8 Å². The normalized spacial score (nSPS) is 10.3. The lowest BCUT2D eigenvalue weighted by Crippen LogP contribution is -2.07. The Morgan fingerprint density at radius 2 is 1.93 bits per heavy atom. The highest BCUT2D eigenvalue weighted by atomic mass is 16.6. The molecule has 3 rings (SSSR count). The number of esters is 2. The van der Waals surface area contributed by atoms with Gasteiger partial charge in [-0.05, 0) is 25.1 Å². The number of carbonyl (C=O) groups excluding carboxylic acids is 2. The molecule has 0 aliphatic rings. The van der Waals surface area contributed by atoms with Gasteiger partial charge >= 0.3 is 11.9 Å². The maximum atomic E-state index is 12.0. The summed E-state index contributed by atoms with van der Waals surface area (Å²) in [5.74, 6) is -1.05. The van der Waals surface area contributed by atoms with Crippen LogP contribution in [0.5, 0.6) is 11.5 Å². The first kappa shape index (κ1) is 20.5. The fraction of sp³-hybridized carbons (Fsp3) is 0.158. The summed E-state index contributed by atoms with van der Waals surface area (Å²) in [4.78, 5) is 34.4. The van der Waals surface area contributed by atoms with Crippen molar-refractivity contribution < 1.29 is 28.7 Å². The quantitative estimate of drug-likeness (QED) is 0.351. The number of aromatic amines is 1. The second-order valence-corrected chi connectivity index (χ2v) is 5.80. The van der Waals surface area contributed by atoms with Crippen LogP contribution in [0, 0.1) is 10.1 Å². The Bertz CT molecular complexity index is 1110. The second-order valence-electron chi connectivity index (χ2n) is 5.80. The maximum Gasteiger partial charge on any atom is 0.361 e. The van der Waals surface area contributed by atoms with Gasteiger partial charge in [0.1, 0.15) is 22.8 Å². The standard InChI is InChI=1S/C19H16N4O7/c1-3-29-19(25)17-16(20-22-21-17)11-5-4-6-13(9-11)30-15-8-7-12(23(26)27)10-14(15)18(24)28-2/h4-10H,3H2,1-2H3,(H,20,21,22). The molecule has 0 aliphatic heterocycles. The van der Waals surface area contributed by atoms with Crippen LogP contribution in [0.4, 0.5) is 5.69 Å². The number of benzene rings is 2. The molecule has 0 bridgehead atoms. The predicted molar refractivity (Wildman–Crippen MR) is 102 cm³/mol. The lowest BCUT2D eigenvalue weighted by atomic mass is 10.1. The van der Waals surface area contributed by atoms with Crippen molar-refractivity contribution in [3.8, 4) is 22.8 Å². The molecule has 0 saturated heterocycles. The van der Waals surface area contributed by atoms with E-state index in [1.165, 1.54) is 12.1 Å². The average Bonchev–Trinajstić information content (AvgIpc) is 3.24. The summed E-state index contributed by atoms with van der Waals surface area (Å²) in [6.07, 6.45) is 0. The Balaban J connectivity index is 1.95. The number of nitrogens with zero attached hydrogens (tertiary/aromatic N) is 3. The molecule has 0 radical (unpaired) electrons. The monoisotopic (exact) mass is 412 g/mol. The highest BCUT2D eigenvalue weighted by Crippen LogP contribution is 2.32. The van der Waals surface area contributed by atoms with Crippen LogP contribution in [-0.2, 0) is 9.47 Å². The van der Waals surface area contributed by atoms with Crippen molar-refractivity contribution in [2.24, 2.45) is 0 Å². The number of H-pyrrole nitrogens is 1. The minimum atomic E-state index is -0.786. The van der Waals surface area contributed by atoms with E-state index < -0.39 is 16.9 Å². The summed E-state index contributed by atoms with van der Waals surface area (Å²) in [7, 11) is 1.16. The number of hydrogen-bond acceptors (Lipinski definition) is 9. The molecule has 1 aromatic heterocycles. The molecule has 0 unspecified atom stereocenters. The highest BCUT2D eigenvalue weighted by molar-refractivity contribution is 5.94. The lowest BCUT2D eigenvalue weighted by Gasteiger charge is -2.11. The molecular formula is C19H16N4O7. The molecular weight excluding hydrogens is 396 g/mol. The number of nitro groups is 1. The minimum Gasteiger partial charge on any atom is -0.465 e. The van der Waals surface area contributed by atoms with Crippen LogP contribution >= 0.6 is 0 Å². The third-order valence-electron chi connectivity index (χ3n) is 3.93. The molecule has 0 saturated carbocycles. The van der Waals surface area contributed by atoms with E-state index >= 15 is 0 Å². The highest BCUT2D eigenvalue weighted by Gasteiger charge is 2.21. The van der Waals surface area contributed by atoms with E-state index in [0.717, 1.165) is 13.2 Å². The average molecular weight is 412 g/mol. The summed E-state index contributed by atoms with van der Waals surface area (Å²) in [5, 5.41) is 21.2. The zero-order valence-electron chi connectivity index (χ0n) is 15.9. The van der Waals surface area contributed by atoms with Gasteiger partial charge in [0.15, 0.2) is 5.69 Å². The Labute approximate surface area is 169 Å². The van der Waals surface area contributed by atoms with E-state index in [0.29, 0.717) is 11.3 Å². The van der Waals surface area contributed by atoms with Gasteiger partial charge in [0.2, 0.25) is 0 Å². The molecule has 154 valence electrons. The Hall–Kier alpha value is -4.28. The van der Waals surface area contributed by atoms with Gasteiger partial charge in [-0.3, -0.25) is 10.1 Å². The summed E-state index contributed by atoms with van der Waals surface area (Å²) < 4.78 is 15.4. The van der Waals surface area contributed by atoms with Gasteiger partial charge in [0.25, 0.3) is 5.69 Å². The van der Waals surface area contributed by atoms with Crippen LogP contribution in [0.25, 0.3) is 11.3 Å². The largest absolute Gasteiger partial charge is 0.465 e. The first-order valence-electron chi connectivity index (χ1n) is 8.67. The van der Waals surface area contributed by atoms with E-state index in [1.54, 1.807) is 31.2 Å². The van der Waals surface area contributed by atoms with Gasteiger partial charge < -0.3 is 14.2 Å². The molecule has 0 aliphatic carbocycles. The molecule has 11 heteroatoms. The third-order valence-corrected chi connectivity index (χ3v) is 3.93. The molecule has 11 nitrogen and oxygen atoms in total. The number of non-ortho nitro benzene ring substituents is 1. The van der Waals surface area contributed by atoms with E-state index in [4.69, 9.17) is 9.47 Å². The molecule has 0 spiro atoms. The molecule has 0 amide bonds. The van der Waals surface area contributed by atoms with Crippen molar-refractivity contribution in [2.45, 2.75) is 6.92 Å². The summed E-state index contributed by atoms with van der Waals surface area (Å²) >= 11 is 0. The number of nitrogens with one attached hydrogen (secondary N) is 1. The summed E-state index contributed by atoms with van der Waals surface area (Å²) in [6, 6.07) is 10.1. The smallest absolute Gasteiger partial charge is 0.361 e. The van der Waals surface area contributed by atoms with Crippen LogP contribution in [-0.4, -0.2) is 46.0 Å². The van der Waals surface area contributed by atoms with E-state index in [9.17, 15) is 19.7 Å². The van der Waals surface area contributed by atoms with Crippen LogP contribution < -0.4 is 4.74 Å². The van der Waals surface area contributed by atoms with Crippen molar-refractivity contribution >= 4 is 17.6 Å². The zero-order valence-corrected chi connectivity index (χ0v) is 15.9. The van der Waals surface area contributed by atoms with Crippen LogP contribution in [0.15, 0.2) is 42.5 Å². The van der Waals surface area contributed by atoms with E-state index in [-0.39, 0.29) is 35.0 Å². The van der Waals surface area contributed by atoms with Crippen LogP contribution in [0.1, 0.15) is 27.8 Å². The zero-order chi connectivity index (χ0) is 21.7. The van der Waals surface area contributed by atoms with Gasteiger partial charge in [0.05, 0.1) is 18.6 Å². The minimum absolute atomic E-state index is 0.0135. The van der Waals surface area contributed by atoms with E-state index in [1.807, 2.05) is 0 Å². The molecule has 2 aromatic carbocycles. The Morgan fingerprint density at radius 1 is 1.13 bits per heavy atom. The number of hydrogen-bond donors (Lipinski definition) is 1. The molecule has 1 heterocycles. The van der Waals surface area contributed by atoms with Gasteiger partial charge in [-0.15, -0.1) is 5.10 Å². The third kappa shape index (κ3) is 4.24. The first-order valence-corrected chi connectivity index (χ1v) is 8.67. The number of methoxy groups -OCH3 is 1. The van der Waals surface area contributed by atoms with Crippen LogP contribution in [0.3, 0.4) is 0 Å². The fourth-order valence-corrected chi connectivity index (χ4v) is 2.60. The molecule has 0 fully saturated rings. The van der Waals surface area contributed by atoms with Crippen LogP contribution in [0.2, 0.25) is 0 Å². The SMILES string of the molecule is CCOC(=O)c1n[nH]nc1-c1cccc(Oc2ccc([N+](=O)[O-])cc2C(=O)OC)c1. The lowest BCUT2D eigenvalue weighted by molar-refractivity contribution is -0.384. The number of ether oxygens (including phenoxy) is 3. The molecule has 1 N–H and O–H groups in total. The van der Waals surface area contributed by atoms with Crippen molar-refractivity contribution in [3.63, 3.8) is 0 Å². The number of rotatable bonds is 7. The van der Waals surface area contributed by atoms with Gasteiger partial charge in [-0.2, -0.15) is 10.3 Å². The van der Waals surface area contributed by atoms with Gasteiger partial charge in [-0.1, -0.05) is 12.1 Å².